The predicted molar refractivity (Wildman–Crippen MR) is 81.7 cm³/mol. The van der Waals surface area contributed by atoms with Gasteiger partial charge in [-0.3, -0.25) is 9.59 Å². The lowest BCUT2D eigenvalue weighted by molar-refractivity contribution is 0.0926. The van der Waals surface area contributed by atoms with Crippen LogP contribution in [0.1, 0.15) is 20.7 Å². The van der Waals surface area contributed by atoms with Crippen LogP contribution in [0.2, 0.25) is 10.0 Å². The van der Waals surface area contributed by atoms with Crippen molar-refractivity contribution in [2.45, 2.75) is 0 Å². The minimum atomic E-state index is -0.401. The summed E-state index contributed by atoms with van der Waals surface area (Å²) in [4.78, 5) is 25.8. The fourth-order valence-electron chi connectivity index (χ4n) is 2.11. The molecule has 0 aromatic heterocycles. The summed E-state index contributed by atoms with van der Waals surface area (Å²) in [6.07, 6.45) is 0. The lowest BCUT2D eigenvalue weighted by Crippen LogP contribution is -2.29. The van der Waals surface area contributed by atoms with Gasteiger partial charge in [-0.2, -0.15) is 0 Å². The van der Waals surface area contributed by atoms with E-state index in [1.165, 1.54) is 6.07 Å². The Bertz CT molecular complexity index is 726. The number of fused-ring (bicyclic) bond motifs is 1. The highest BCUT2D eigenvalue weighted by Gasteiger charge is 2.37. The minimum Gasteiger partial charge on any atom is -0.268 e. The van der Waals surface area contributed by atoms with Crippen molar-refractivity contribution in [3.8, 4) is 0 Å². The van der Waals surface area contributed by atoms with Gasteiger partial charge in [0.15, 0.2) is 0 Å². The van der Waals surface area contributed by atoms with Gasteiger partial charge >= 0.3 is 0 Å². The molecule has 0 N–H and O–H groups in total. The highest BCUT2D eigenvalue weighted by atomic mass is 79.9. The molecule has 0 fully saturated rings. The molecule has 0 unspecified atom stereocenters. The molecule has 0 saturated heterocycles. The zero-order valence-corrected chi connectivity index (χ0v) is 13.0. The molecule has 2 amide bonds. The summed E-state index contributed by atoms with van der Waals surface area (Å²) < 4.78 is 0.526. The number of rotatable bonds is 1. The van der Waals surface area contributed by atoms with Crippen molar-refractivity contribution >= 4 is 56.6 Å². The molecule has 0 radical (unpaired) electrons. The predicted octanol–water partition coefficient (Wildman–Crippen LogP) is 4.56. The number of benzene rings is 2. The number of carbonyl (C=O) groups excluding carboxylic acids is 2. The molecule has 0 spiro atoms. The number of amides is 2. The molecule has 1 heterocycles. The van der Waals surface area contributed by atoms with E-state index in [4.69, 9.17) is 23.2 Å². The Balaban J connectivity index is 2.19. The summed E-state index contributed by atoms with van der Waals surface area (Å²) in [6, 6.07) is 9.75. The Labute approximate surface area is 133 Å². The van der Waals surface area contributed by atoms with Crippen molar-refractivity contribution in [1.29, 1.82) is 0 Å². The molecule has 1 aliphatic rings. The summed E-state index contributed by atoms with van der Waals surface area (Å²) >= 11 is 15.4. The second-order valence-corrected chi connectivity index (χ2v) is 5.88. The van der Waals surface area contributed by atoms with Gasteiger partial charge in [-0.15, -0.1) is 0 Å². The highest BCUT2D eigenvalue weighted by Crippen LogP contribution is 2.39. The number of anilines is 1. The van der Waals surface area contributed by atoms with Gasteiger partial charge in [0.05, 0.1) is 21.8 Å². The Morgan fingerprint density at radius 2 is 1.50 bits per heavy atom. The van der Waals surface area contributed by atoms with Gasteiger partial charge in [-0.05, 0) is 40.2 Å². The SMILES string of the molecule is O=C1c2ccccc2C(=O)N1c1cc(Cl)cc(Br)c1Cl. The Morgan fingerprint density at radius 1 is 0.950 bits per heavy atom. The monoisotopic (exact) mass is 369 g/mol. The van der Waals surface area contributed by atoms with E-state index < -0.39 is 11.8 Å². The Morgan fingerprint density at radius 3 is 2.05 bits per heavy atom. The summed E-state index contributed by atoms with van der Waals surface area (Å²) in [5, 5.41) is 0.650. The van der Waals surface area contributed by atoms with Gasteiger partial charge in [-0.1, -0.05) is 35.3 Å². The number of hydrogen-bond donors (Lipinski definition) is 0. The van der Waals surface area contributed by atoms with E-state index in [1.54, 1.807) is 30.3 Å². The molecular formula is C14H6BrCl2NO2. The van der Waals surface area contributed by atoms with Gasteiger partial charge in [0.2, 0.25) is 0 Å². The van der Waals surface area contributed by atoms with E-state index in [0.717, 1.165) is 4.90 Å². The summed E-state index contributed by atoms with van der Waals surface area (Å²) in [7, 11) is 0. The van der Waals surface area contributed by atoms with Crippen LogP contribution in [0.15, 0.2) is 40.9 Å². The van der Waals surface area contributed by atoms with Gasteiger partial charge in [0, 0.05) is 9.50 Å². The lowest BCUT2D eigenvalue weighted by Gasteiger charge is -2.16. The molecular weight excluding hydrogens is 365 g/mol. The molecule has 2 aromatic rings. The number of nitrogens with zero attached hydrogens (tertiary/aromatic N) is 1. The molecule has 2 aromatic carbocycles. The van der Waals surface area contributed by atoms with Crippen molar-refractivity contribution in [2.24, 2.45) is 0 Å². The van der Waals surface area contributed by atoms with Crippen molar-refractivity contribution in [3.05, 3.63) is 62.0 Å². The number of hydrogen-bond acceptors (Lipinski definition) is 2. The lowest BCUT2D eigenvalue weighted by atomic mass is 10.1. The third-order valence-corrected chi connectivity index (χ3v) is 4.48. The summed E-state index contributed by atoms with van der Waals surface area (Å²) in [6.45, 7) is 0. The average Bonchev–Trinajstić information content (AvgIpc) is 2.67. The summed E-state index contributed by atoms with van der Waals surface area (Å²) in [5.74, 6) is -0.802. The topological polar surface area (TPSA) is 37.4 Å². The standard InChI is InChI=1S/C14H6BrCl2NO2/c15-10-5-7(16)6-11(12(10)17)18-13(19)8-3-1-2-4-9(8)14(18)20/h1-6H. The molecule has 3 nitrogen and oxygen atoms in total. The van der Waals surface area contributed by atoms with Gasteiger partial charge < -0.3 is 0 Å². The quantitative estimate of drug-likeness (QED) is 0.545. The number of imide groups is 1. The van der Waals surface area contributed by atoms with E-state index in [9.17, 15) is 9.59 Å². The van der Waals surface area contributed by atoms with Crippen molar-refractivity contribution in [1.82, 2.24) is 0 Å². The van der Waals surface area contributed by atoms with Crippen molar-refractivity contribution in [3.63, 3.8) is 0 Å². The smallest absolute Gasteiger partial charge is 0.266 e. The van der Waals surface area contributed by atoms with Crippen LogP contribution >= 0.6 is 39.1 Å². The van der Waals surface area contributed by atoms with E-state index in [0.29, 0.717) is 20.6 Å². The molecule has 0 aliphatic carbocycles. The molecule has 0 saturated carbocycles. The van der Waals surface area contributed by atoms with Crippen molar-refractivity contribution in [2.75, 3.05) is 4.90 Å². The van der Waals surface area contributed by atoms with E-state index >= 15 is 0 Å². The van der Waals surface area contributed by atoms with Gasteiger partial charge in [-0.25, -0.2) is 4.90 Å². The average molecular weight is 371 g/mol. The second-order valence-electron chi connectivity index (χ2n) is 4.21. The normalized spacial score (nSPS) is 13.8. The van der Waals surface area contributed by atoms with Crippen LogP contribution < -0.4 is 4.90 Å². The highest BCUT2D eigenvalue weighted by molar-refractivity contribution is 9.10. The largest absolute Gasteiger partial charge is 0.268 e. The first kappa shape index (κ1) is 13.6. The molecule has 3 rings (SSSR count). The number of carbonyl (C=O) groups is 2. The van der Waals surface area contributed by atoms with Crippen LogP contribution in [0, 0.1) is 0 Å². The van der Waals surface area contributed by atoms with Crippen LogP contribution in [0.4, 0.5) is 5.69 Å². The zero-order chi connectivity index (χ0) is 14.4. The van der Waals surface area contributed by atoms with Crippen LogP contribution in [0.25, 0.3) is 0 Å². The molecule has 20 heavy (non-hydrogen) atoms. The molecule has 0 bridgehead atoms. The molecule has 6 heteroatoms. The van der Waals surface area contributed by atoms with Crippen LogP contribution in [-0.2, 0) is 0 Å². The molecule has 100 valence electrons. The maximum absolute atomic E-state index is 12.4. The van der Waals surface area contributed by atoms with Crippen molar-refractivity contribution < 1.29 is 9.59 Å². The van der Waals surface area contributed by atoms with Gasteiger partial charge in [0.25, 0.3) is 11.8 Å². The molecule has 0 atom stereocenters. The fraction of sp³-hybridized carbons (Fsp3) is 0. The fourth-order valence-corrected chi connectivity index (χ4v) is 3.10. The third kappa shape index (κ3) is 1.95. The first-order valence-electron chi connectivity index (χ1n) is 5.63. The van der Waals surface area contributed by atoms with E-state index in [2.05, 4.69) is 15.9 Å². The maximum atomic E-state index is 12.4. The van der Waals surface area contributed by atoms with Crippen LogP contribution in [-0.4, -0.2) is 11.8 Å². The number of halogens is 3. The summed E-state index contributed by atoms with van der Waals surface area (Å²) in [5.41, 5.74) is 1.01. The second kappa shape index (κ2) is 4.88. The van der Waals surface area contributed by atoms with E-state index in [1.807, 2.05) is 0 Å². The maximum Gasteiger partial charge on any atom is 0.266 e. The first-order valence-corrected chi connectivity index (χ1v) is 7.18. The Kier molecular flexibility index (Phi) is 3.32. The first-order chi connectivity index (χ1) is 9.50. The minimum absolute atomic E-state index is 0.268. The van der Waals surface area contributed by atoms with Crippen LogP contribution in [0.3, 0.4) is 0 Å². The van der Waals surface area contributed by atoms with Crippen LogP contribution in [0.5, 0.6) is 0 Å². The Hall–Kier alpha value is -1.36. The zero-order valence-electron chi connectivity index (χ0n) is 9.86. The molecule has 1 aliphatic heterocycles. The van der Waals surface area contributed by atoms with E-state index in [-0.39, 0.29) is 10.7 Å². The third-order valence-electron chi connectivity index (χ3n) is 3.01. The van der Waals surface area contributed by atoms with Gasteiger partial charge in [0.1, 0.15) is 0 Å².